The van der Waals surface area contributed by atoms with Crippen LogP contribution in [0.5, 0.6) is 0 Å². The Kier molecular flexibility index (Phi) is 4.32. The van der Waals surface area contributed by atoms with Gasteiger partial charge in [-0.25, -0.2) is 4.39 Å². The van der Waals surface area contributed by atoms with Crippen LogP contribution in [-0.2, 0) is 4.79 Å². The van der Waals surface area contributed by atoms with E-state index in [9.17, 15) is 27.5 Å². The summed E-state index contributed by atoms with van der Waals surface area (Å²) in [6, 6.07) is 4.80. The number of hydrogen-bond acceptors (Lipinski definition) is 3. The van der Waals surface area contributed by atoms with Crippen LogP contribution in [0.1, 0.15) is 26.7 Å². The molecule has 2 rings (SSSR count). The number of halogens is 4. The summed E-state index contributed by atoms with van der Waals surface area (Å²) in [5.41, 5.74) is -1.32. The zero-order chi connectivity index (χ0) is 17.4. The van der Waals surface area contributed by atoms with Crippen molar-refractivity contribution in [2.45, 2.75) is 32.9 Å². The summed E-state index contributed by atoms with van der Waals surface area (Å²) >= 11 is 0. The molecule has 0 aromatic heterocycles. The molecule has 1 aromatic carbocycles. The molecule has 0 unspecified atom stereocenters. The minimum Gasteiger partial charge on any atom is -0.504 e. The van der Waals surface area contributed by atoms with Crippen molar-refractivity contribution in [3.05, 3.63) is 41.4 Å². The lowest BCUT2D eigenvalue weighted by Crippen LogP contribution is -2.34. The van der Waals surface area contributed by atoms with Crippen LogP contribution in [0.25, 0.3) is 0 Å². The van der Waals surface area contributed by atoms with Gasteiger partial charge in [-0.05, 0) is 36.1 Å². The van der Waals surface area contributed by atoms with Crippen LogP contribution in [0.4, 0.5) is 23.2 Å². The van der Waals surface area contributed by atoms with Gasteiger partial charge in [-0.15, -0.1) is 0 Å². The SMILES string of the molecule is CC1(C)CC(=O)/C(=C(/O)C(F)(F)F)C(=Nc2ccc(F)cc2)C1. The van der Waals surface area contributed by atoms with Gasteiger partial charge in [0, 0.05) is 6.42 Å². The highest BCUT2D eigenvalue weighted by Crippen LogP contribution is 2.39. The van der Waals surface area contributed by atoms with Gasteiger partial charge in [0.25, 0.3) is 0 Å². The summed E-state index contributed by atoms with van der Waals surface area (Å²) in [5, 5.41) is 9.44. The predicted octanol–water partition coefficient (Wildman–Crippen LogP) is 4.66. The van der Waals surface area contributed by atoms with Gasteiger partial charge in [-0.2, -0.15) is 13.2 Å². The minimum absolute atomic E-state index is 0.0889. The monoisotopic (exact) mass is 329 g/mol. The van der Waals surface area contributed by atoms with Crippen LogP contribution in [0, 0.1) is 11.2 Å². The van der Waals surface area contributed by atoms with Crippen molar-refractivity contribution in [1.29, 1.82) is 0 Å². The second kappa shape index (κ2) is 5.79. The molecule has 1 saturated carbocycles. The van der Waals surface area contributed by atoms with Crippen molar-refractivity contribution in [1.82, 2.24) is 0 Å². The lowest BCUT2D eigenvalue weighted by atomic mass is 9.73. The second-order valence-corrected chi connectivity index (χ2v) is 6.20. The number of rotatable bonds is 1. The Morgan fingerprint density at radius 1 is 1.17 bits per heavy atom. The second-order valence-electron chi connectivity index (χ2n) is 6.20. The first-order valence-electron chi connectivity index (χ1n) is 6.87. The molecule has 1 aromatic rings. The Morgan fingerprint density at radius 3 is 2.26 bits per heavy atom. The summed E-state index contributed by atoms with van der Waals surface area (Å²) in [4.78, 5) is 16.1. The molecule has 124 valence electrons. The summed E-state index contributed by atoms with van der Waals surface area (Å²) in [6.07, 6.45) is -5.06. The highest BCUT2D eigenvalue weighted by molar-refractivity contribution is 6.25. The van der Waals surface area contributed by atoms with Crippen molar-refractivity contribution in [2.75, 3.05) is 0 Å². The normalized spacial score (nSPS) is 22.3. The maximum Gasteiger partial charge on any atom is 0.449 e. The number of ketones is 1. The van der Waals surface area contributed by atoms with Crippen molar-refractivity contribution in [3.63, 3.8) is 0 Å². The van der Waals surface area contributed by atoms with Crippen molar-refractivity contribution in [2.24, 2.45) is 10.4 Å². The number of carbonyl (C=O) groups is 1. The molecule has 0 spiro atoms. The largest absolute Gasteiger partial charge is 0.504 e. The summed E-state index contributed by atoms with van der Waals surface area (Å²) < 4.78 is 51.3. The van der Waals surface area contributed by atoms with E-state index >= 15 is 0 Å². The van der Waals surface area contributed by atoms with Gasteiger partial charge < -0.3 is 5.11 Å². The lowest BCUT2D eigenvalue weighted by Gasteiger charge is -2.31. The number of allylic oxidation sites excluding steroid dienone is 2. The maximum atomic E-state index is 12.9. The van der Waals surface area contributed by atoms with E-state index in [1.54, 1.807) is 13.8 Å². The smallest absolute Gasteiger partial charge is 0.449 e. The van der Waals surface area contributed by atoms with Gasteiger partial charge in [-0.1, -0.05) is 13.8 Å². The first kappa shape index (κ1) is 17.2. The molecule has 1 aliphatic carbocycles. The average molecular weight is 329 g/mol. The third-order valence-corrected chi connectivity index (χ3v) is 3.45. The molecule has 0 saturated heterocycles. The number of aliphatic hydroxyl groups is 1. The Labute approximate surface area is 130 Å². The molecule has 23 heavy (non-hydrogen) atoms. The topological polar surface area (TPSA) is 49.7 Å². The van der Waals surface area contributed by atoms with Gasteiger partial charge in [0.15, 0.2) is 5.78 Å². The van der Waals surface area contributed by atoms with Gasteiger partial charge in [-0.3, -0.25) is 9.79 Å². The van der Waals surface area contributed by atoms with Crippen molar-refractivity contribution in [3.8, 4) is 0 Å². The number of hydrogen-bond donors (Lipinski definition) is 1. The zero-order valence-corrected chi connectivity index (χ0v) is 12.5. The Balaban J connectivity index is 2.58. The van der Waals surface area contributed by atoms with Crippen LogP contribution in [0.3, 0.4) is 0 Å². The number of alkyl halides is 3. The molecular formula is C16H15F4NO2. The fourth-order valence-corrected chi connectivity index (χ4v) is 2.47. The molecule has 0 amide bonds. The molecule has 1 N–H and O–H groups in total. The van der Waals surface area contributed by atoms with E-state index in [0.717, 1.165) is 12.1 Å². The Morgan fingerprint density at radius 2 is 1.74 bits per heavy atom. The quantitative estimate of drug-likeness (QED) is 0.463. The first-order chi connectivity index (χ1) is 10.5. The number of benzene rings is 1. The molecule has 0 radical (unpaired) electrons. The average Bonchev–Trinajstić information content (AvgIpc) is 2.38. The molecule has 1 aliphatic rings. The lowest BCUT2D eigenvalue weighted by molar-refractivity contribution is -0.127. The van der Waals surface area contributed by atoms with Crippen LogP contribution in [-0.4, -0.2) is 22.8 Å². The molecule has 0 aliphatic heterocycles. The molecular weight excluding hydrogens is 314 g/mol. The minimum atomic E-state index is -5.03. The van der Waals surface area contributed by atoms with E-state index in [2.05, 4.69) is 4.99 Å². The van der Waals surface area contributed by atoms with Gasteiger partial charge in [0.1, 0.15) is 5.82 Å². The third-order valence-electron chi connectivity index (χ3n) is 3.45. The van der Waals surface area contributed by atoms with Crippen LogP contribution in [0.15, 0.2) is 40.6 Å². The van der Waals surface area contributed by atoms with Gasteiger partial charge in [0.05, 0.1) is 17.0 Å². The Hall–Kier alpha value is -2.18. The molecule has 0 bridgehead atoms. The van der Waals surface area contributed by atoms with Gasteiger partial charge >= 0.3 is 6.18 Å². The third kappa shape index (κ3) is 3.97. The van der Waals surface area contributed by atoms with Crippen LogP contribution >= 0.6 is 0 Å². The molecule has 3 nitrogen and oxygen atoms in total. The molecule has 0 atom stereocenters. The maximum absolute atomic E-state index is 12.9. The van der Waals surface area contributed by atoms with E-state index in [1.807, 2.05) is 0 Å². The number of aliphatic imine (C=N–C) groups is 1. The van der Waals surface area contributed by atoms with E-state index in [4.69, 9.17) is 0 Å². The van der Waals surface area contributed by atoms with E-state index < -0.39 is 34.5 Å². The molecule has 1 fully saturated rings. The number of nitrogens with zero attached hydrogens (tertiary/aromatic N) is 1. The number of aliphatic hydroxyl groups excluding tert-OH is 1. The first-order valence-corrected chi connectivity index (χ1v) is 6.87. The summed E-state index contributed by atoms with van der Waals surface area (Å²) in [5.74, 6) is -3.25. The standard InChI is InChI=1S/C16H15F4NO2/c1-15(2)7-11(21-10-5-3-9(17)4-6-10)13(12(22)8-15)14(23)16(18,19)20/h3-6,23H,7-8H2,1-2H3/b14-13+,21-11?. The fraction of sp³-hybridized carbons (Fsp3) is 0.375. The van der Waals surface area contributed by atoms with Gasteiger partial charge in [0.2, 0.25) is 5.76 Å². The molecule has 7 heteroatoms. The molecule has 0 heterocycles. The Bertz CT molecular complexity index is 685. The zero-order valence-electron chi connectivity index (χ0n) is 12.5. The van der Waals surface area contributed by atoms with Crippen LogP contribution < -0.4 is 0 Å². The van der Waals surface area contributed by atoms with Crippen molar-refractivity contribution >= 4 is 17.2 Å². The predicted molar refractivity (Wildman–Crippen MR) is 77.2 cm³/mol. The summed E-state index contributed by atoms with van der Waals surface area (Å²) in [7, 11) is 0. The fourth-order valence-electron chi connectivity index (χ4n) is 2.47. The number of carbonyl (C=O) groups excluding carboxylic acids is 1. The van der Waals surface area contributed by atoms with E-state index in [-0.39, 0.29) is 24.2 Å². The van der Waals surface area contributed by atoms with Crippen molar-refractivity contribution < 1.29 is 27.5 Å². The highest BCUT2D eigenvalue weighted by Gasteiger charge is 2.44. The highest BCUT2D eigenvalue weighted by atomic mass is 19.4. The van der Waals surface area contributed by atoms with Crippen LogP contribution in [0.2, 0.25) is 0 Å². The number of Topliss-reactive ketones (excluding diaryl/α,β-unsaturated/α-hetero) is 1. The summed E-state index contributed by atoms with van der Waals surface area (Å²) in [6.45, 7) is 3.46. The van der Waals surface area contributed by atoms with E-state index in [1.165, 1.54) is 12.1 Å². The van der Waals surface area contributed by atoms with E-state index in [0.29, 0.717) is 0 Å².